The Bertz CT molecular complexity index is 436. The molecule has 0 bridgehead atoms. The smallest absolute Gasteiger partial charge is 0.257 e. The number of likely N-dealkylation sites (tertiary alicyclic amines) is 1. The van der Waals surface area contributed by atoms with Gasteiger partial charge in [0.05, 0.1) is 17.4 Å². The van der Waals surface area contributed by atoms with Crippen LogP contribution in [0.5, 0.6) is 0 Å². The van der Waals surface area contributed by atoms with Crippen LogP contribution in [0.2, 0.25) is 0 Å². The number of pyridine rings is 1. The van der Waals surface area contributed by atoms with E-state index in [1.807, 2.05) is 0 Å². The number of rotatable bonds is 3. The SMILES string of the molecule is CC(O)C1CCN(C(=O)c2cnccc2NN)C1. The number of hydrogen-bond donors (Lipinski definition) is 3. The van der Waals surface area contributed by atoms with Crippen molar-refractivity contribution in [3.63, 3.8) is 0 Å². The molecule has 1 fully saturated rings. The Morgan fingerprint density at radius 3 is 3.11 bits per heavy atom. The van der Waals surface area contributed by atoms with Gasteiger partial charge in [-0.05, 0) is 19.4 Å². The molecule has 1 saturated heterocycles. The molecule has 1 aliphatic heterocycles. The molecular weight excluding hydrogens is 232 g/mol. The molecule has 2 heterocycles. The zero-order valence-corrected chi connectivity index (χ0v) is 10.3. The van der Waals surface area contributed by atoms with E-state index in [2.05, 4.69) is 10.4 Å². The predicted molar refractivity (Wildman–Crippen MR) is 67.7 cm³/mol. The molecule has 1 aromatic heterocycles. The molecule has 2 unspecified atom stereocenters. The first-order valence-corrected chi connectivity index (χ1v) is 6.01. The largest absolute Gasteiger partial charge is 0.393 e. The van der Waals surface area contributed by atoms with Crippen molar-refractivity contribution >= 4 is 11.6 Å². The van der Waals surface area contributed by atoms with E-state index in [-0.39, 0.29) is 17.9 Å². The highest BCUT2D eigenvalue weighted by molar-refractivity contribution is 5.99. The molecule has 2 atom stereocenters. The van der Waals surface area contributed by atoms with E-state index in [1.165, 1.54) is 6.20 Å². The number of aliphatic hydroxyl groups excluding tert-OH is 1. The van der Waals surface area contributed by atoms with E-state index in [0.717, 1.165) is 6.42 Å². The molecular formula is C12H18N4O2. The number of anilines is 1. The van der Waals surface area contributed by atoms with Crippen LogP contribution in [0.25, 0.3) is 0 Å². The summed E-state index contributed by atoms with van der Waals surface area (Å²) in [6.45, 7) is 3.00. The molecule has 2 rings (SSSR count). The van der Waals surface area contributed by atoms with Crippen molar-refractivity contribution in [2.45, 2.75) is 19.4 Å². The Kier molecular flexibility index (Phi) is 3.78. The van der Waals surface area contributed by atoms with Gasteiger partial charge in [0.2, 0.25) is 0 Å². The summed E-state index contributed by atoms with van der Waals surface area (Å²) in [7, 11) is 0. The van der Waals surface area contributed by atoms with Crippen LogP contribution in [-0.4, -0.2) is 40.1 Å². The van der Waals surface area contributed by atoms with Crippen molar-refractivity contribution in [3.05, 3.63) is 24.0 Å². The molecule has 1 aliphatic rings. The summed E-state index contributed by atoms with van der Waals surface area (Å²) in [5.74, 6) is 5.43. The van der Waals surface area contributed by atoms with E-state index in [4.69, 9.17) is 5.84 Å². The molecule has 6 nitrogen and oxygen atoms in total. The number of hydrazine groups is 1. The second-order valence-electron chi connectivity index (χ2n) is 4.61. The molecule has 18 heavy (non-hydrogen) atoms. The summed E-state index contributed by atoms with van der Waals surface area (Å²) in [6, 6.07) is 1.66. The van der Waals surface area contributed by atoms with Gasteiger partial charge in [0, 0.05) is 31.4 Å². The Morgan fingerprint density at radius 1 is 1.72 bits per heavy atom. The Balaban J connectivity index is 2.13. The summed E-state index contributed by atoms with van der Waals surface area (Å²) >= 11 is 0. The fourth-order valence-electron chi connectivity index (χ4n) is 2.23. The number of aromatic nitrogens is 1. The first-order valence-electron chi connectivity index (χ1n) is 6.01. The van der Waals surface area contributed by atoms with Gasteiger partial charge in [-0.25, -0.2) is 0 Å². The highest BCUT2D eigenvalue weighted by Crippen LogP contribution is 2.23. The minimum Gasteiger partial charge on any atom is -0.393 e. The van der Waals surface area contributed by atoms with E-state index in [9.17, 15) is 9.90 Å². The lowest BCUT2D eigenvalue weighted by atomic mass is 10.0. The van der Waals surface area contributed by atoms with Gasteiger partial charge in [-0.15, -0.1) is 0 Å². The molecule has 4 N–H and O–H groups in total. The number of nitrogens with two attached hydrogens (primary N) is 1. The maximum atomic E-state index is 12.3. The summed E-state index contributed by atoms with van der Waals surface area (Å²) in [5.41, 5.74) is 3.53. The van der Waals surface area contributed by atoms with Gasteiger partial charge < -0.3 is 15.4 Å². The quantitative estimate of drug-likeness (QED) is 0.527. The highest BCUT2D eigenvalue weighted by atomic mass is 16.3. The minimum absolute atomic E-state index is 0.0980. The van der Waals surface area contributed by atoms with Crippen LogP contribution < -0.4 is 11.3 Å². The third-order valence-corrected chi connectivity index (χ3v) is 3.40. The van der Waals surface area contributed by atoms with E-state index < -0.39 is 0 Å². The van der Waals surface area contributed by atoms with E-state index in [1.54, 1.807) is 24.1 Å². The molecule has 0 radical (unpaired) electrons. The number of carbonyl (C=O) groups excluding carboxylic acids is 1. The van der Waals surface area contributed by atoms with E-state index >= 15 is 0 Å². The number of nitrogens with one attached hydrogen (secondary N) is 1. The number of amides is 1. The Morgan fingerprint density at radius 2 is 2.50 bits per heavy atom. The van der Waals surface area contributed by atoms with Crippen molar-refractivity contribution in [3.8, 4) is 0 Å². The molecule has 1 aromatic rings. The summed E-state index contributed by atoms with van der Waals surface area (Å²) in [5, 5.41) is 9.54. The molecule has 0 aliphatic carbocycles. The fraction of sp³-hybridized carbons (Fsp3) is 0.500. The maximum absolute atomic E-state index is 12.3. The first-order chi connectivity index (χ1) is 8.63. The number of nitrogen functional groups attached to an aromatic ring is 1. The average molecular weight is 250 g/mol. The Labute approximate surface area is 106 Å². The third-order valence-electron chi connectivity index (χ3n) is 3.40. The van der Waals surface area contributed by atoms with E-state index in [0.29, 0.717) is 24.3 Å². The van der Waals surface area contributed by atoms with Crippen molar-refractivity contribution in [2.75, 3.05) is 18.5 Å². The van der Waals surface area contributed by atoms with Crippen molar-refractivity contribution in [1.82, 2.24) is 9.88 Å². The molecule has 0 spiro atoms. The predicted octanol–water partition coefficient (Wildman–Crippen LogP) is 0.210. The van der Waals surface area contributed by atoms with Crippen LogP contribution in [-0.2, 0) is 0 Å². The second-order valence-corrected chi connectivity index (χ2v) is 4.61. The Hall–Kier alpha value is -1.66. The second kappa shape index (κ2) is 5.32. The number of carbonyl (C=O) groups is 1. The van der Waals surface area contributed by atoms with Crippen molar-refractivity contribution < 1.29 is 9.90 Å². The van der Waals surface area contributed by atoms with Gasteiger partial charge in [0.15, 0.2) is 0 Å². The van der Waals surface area contributed by atoms with Gasteiger partial charge in [0.1, 0.15) is 0 Å². The van der Waals surface area contributed by atoms with Gasteiger partial charge in [-0.3, -0.25) is 15.6 Å². The van der Waals surface area contributed by atoms with Gasteiger partial charge in [0.25, 0.3) is 5.91 Å². The molecule has 98 valence electrons. The molecule has 0 aromatic carbocycles. The average Bonchev–Trinajstić information content (AvgIpc) is 2.87. The maximum Gasteiger partial charge on any atom is 0.257 e. The highest BCUT2D eigenvalue weighted by Gasteiger charge is 2.30. The monoisotopic (exact) mass is 250 g/mol. The number of hydrogen-bond acceptors (Lipinski definition) is 5. The lowest BCUT2D eigenvalue weighted by Gasteiger charge is -2.18. The minimum atomic E-state index is -0.385. The number of nitrogens with zero attached hydrogens (tertiary/aromatic N) is 2. The van der Waals surface area contributed by atoms with Crippen LogP contribution in [0.3, 0.4) is 0 Å². The summed E-state index contributed by atoms with van der Waals surface area (Å²) in [6.07, 6.45) is 3.53. The zero-order valence-electron chi connectivity index (χ0n) is 10.3. The van der Waals surface area contributed by atoms with Gasteiger partial charge in [-0.1, -0.05) is 0 Å². The van der Waals surface area contributed by atoms with Crippen LogP contribution >= 0.6 is 0 Å². The molecule has 6 heteroatoms. The van der Waals surface area contributed by atoms with Crippen LogP contribution in [0.15, 0.2) is 18.5 Å². The van der Waals surface area contributed by atoms with Crippen LogP contribution in [0.4, 0.5) is 5.69 Å². The van der Waals surface area contributed by atoms with Crippen molar-refractivity contribution in [1.29, 1.82) is 0 Å². The molecule has 0 saturated carbocycles. The van der Waals surface area contributed by atoms with Gasteiger partial charge in [-0.2, -0.15) is 0 Å². The van der Waals surface area contributed by atoms with Gasteiger partial charge >= 0.3 is 0 Å². The zero-order chi connectivity index (χ0) is 13.1. The normalized spacial score (nSPS) is 20.8. The van der Waals surface area contributed by atoms with Crippen LogP contribution in [0.1, 0.15) is 23.7 Å². The summed E-state index contributed by atoms with van der Waals surface area (Å²) < 4.78 is 0. The first kappa shape index (κ1) is 12.8. The lowest BCUT2D eigenvalue weighted by Crippen LogP contribution is -2.31. The van der Waals surface area contributed by atoms with Crippen molar-refractivity contribution in [2.24, 2.45) is 11.8 Å². The fourth-order valence-corrected chi connectivity index (χ4v) is 2.23. The third kappa shape index (κ3) is 2.44. The lowest BCUT2D eigenvalue weighted by molar-refractivity contribution is 0.0763. The standard InChI is InChI=1S/C12H18N4O2/c1-8(17)9-3-5-16(7-9)12(18)10-6-14-4-2-11(10)15-13/h2,4,6,8-9,17H,3,5,7,13H2,1H3,(H,14,15). The van der Waals surface area contributed by atoms with Crippen LogP contribution in [0, 0.1) is 5.92 Å². The number of aliphatic hydroxyl groups is 1. The summed E-state index contributed by atoms with van der Waals surface area (Å²) in [4.78, 5) is 18.0. The molecule has 1 amide bonds. The topological polar surface area (TPSA) is 91.5 Å².